The molecule has 7 heteroatoms. The molecule has 3 saturated heterocycles. The van der Waals surface area contributed by atoms with Gasteiger partial charge in [-0.25, -0.2) is 0 Å². The first kappa shape index (κ1) is 21.6. The Hall–Kier alpha value is 0.270. The molecule has 5 nitrogen and oxygen atoms in total. The van der Waals surface area contributed by atoms with Gasteiger partial charge in [-0.1, -0.05) is 6.42 Å². The molecule has 0 spiro atoms. The van der Waals surface area contributed by atoms with E-state index in [-0.39, 0.29) is 24.0 Å². The highest BCUT2D eigenvalue weighted by atomic mass is 127. The van der Waals surface area contributed by atoms with Crippen LogP contribution in [0.1, 0.15) is 25.7 Å². The Morgan fingerprint density at radius 3 is 2.52 bits per heavy atom. The van der Waals surface area contributed by atoms with Crippen molar-refractivity contribution in [2.45, 2.75) is 25.7 Å². The summed E-state index contributed by atoms with van der Waals surface area (Å²) in [5.74, 6) is 4.52. The lowest BCUT2D eigenvalue weighted by atomic mass is 10.1. The van der Waals surface area contributed by atoms with Gasteiger partial charge in [-0.2, -0.15) is 11.8 Å². The van der Waals surface area contributed by atoms with E-state index in [4.69, 9.17) is 0 Å². The smallest absolute Gasteiger partial charge is 0.193 e. The second kappa shape index (κ2) is 11.9. The maximum absolute atomic E-state index is 4.53. The molecule has 0 aromatic carbocycles. The average molecular weight is 481 g/mol. The zero-order chi connectivity index (χ0) is 16.6. The summed E-state index contributed by atoms with van der Waals surface area (Å²) in [4.78, 5) is 12.3. The number of nitrogens with one attached hydrogen (secondary N) is 1. The molecule has 0 aromatic heterocycles. The maximum Gasteiger partial charge on any atom is 0.193 e. The Morgan fingerprint density at radius 1 is 1.04 bits per heavy atom. The van der Waals surface area contributed by atoms with Gasteiger partial charge in [0.2, 0.25) is 0 Å². The SMILES string of the molecule is CN=C(NCCN1CCSCC1)N1CCC(CN2CCCCC2)C1.I. The minimum atomic E-state index is 0. The first-order valence-corrected chi connectivity index (χ1v) is 11.0. The van der Waals surface area contributed by atoms with E-state index in [0.717, 1.165) is 25.0 Å². The molecule has 0 radical (unpaired) electrons. The molecule has 0 amide bonds. The highest BCUT2D eigenvalue weighted by Crippen LogP contribution is 2.19. The highest BCUT2D eigenvalue weighted by Gasteiger charge is 2.26. The highest BCUT2D eigenvalue weighted by molar-refractivity contribution is 14.0. The minimum absolute atomic E-state index is 0. The summed E-state index contributed by atoms with van der Waals surface area (Å²) in [6.07, 6.45) is 5.55. The number of aliphatic imine (C=N–C) groups is 1. The summed E-state index contributed by atoms with van der Waals surface area (Å²) < 4.78 is 0. The molecule has 3 aliphatic rings. The maximum atomic E-state index is 4.53. The normalized spacial score (nSPS) is 26.5. The summed E-state index contributed by atoms with van der Waals surface area (Å²) >= 11 is 2.08. The first-order valence-electron chi connectivity index (χ1n) is 9.83. The molecule has 146 valence electrons. The van der Waals surface area contributed by atoms with E-state index in [0.29, 0.717) is 0 Å². The summed E-state index contributed by atoms with van der Waals surface area (Å²) in [6.45, 7) is 10.9. The van der Waals surface area contributed by atoms with Gasteiger partial charge in [0.25, 0.3) is 0 Å². The topological polar surface area (TPSA) is 34.1 Å². The van der Waals surface area contributed by atoms with Crippen LogP contribution in [0.2, 0.25) is 0 Å². The van der Waals surface area contributed by atoms with E-state index in [1.54, 1.807) is 0 Å². The van der Waals surface area contributed by atoms with Gasteiger partial charge < -0.3 is 15.1 Å². The number of nitrogens with zero attached hydrogens (tertiary/aromatic N) is 4. The van der Waals surface area contributed by atoms with Gasteiger partial charge in [0.15, 0.2) is 5.96 Å². The van der Waals surface area contributed by atoms with Crippen LogP contribution in [0, 0.1) is 5.92 Å². The number of guanidine groups is 1. The monoisotopic (exact) mass is 481 g/mol. The van der Waals surface area contributed by atoms with Crippen LogP contribution in [0.3, 0.4) is 0 Å². The van der Waals surface area contributed by atoms with Crippen LogP contribution in [-0.2, 0) is 0 Å². The van der Waals surface area contributed by atoms with Crippen LogP contribution < -0.4 is 5.32 Å². The summed E-state index contributed by atoms with van der Waals surface area (Å²) in [6, 6.07) is 0. The van der Waals surface area contributed by atoms with Gasteiger partial charge in [-0.3, -0.25) is 9.89 Å². The lowest BCUT2D eigenvalue weighted by Gasteiger charge is -2.29. The fraction of sp³-hybridized carbons (Fsp3) is 0.944. The number of likely N-dealkylation sites (tertiary alicyclic amines) is 2. The average Bonchev–Trinajstić information content (AvgIpc) is 3.09. The van der Waals surface area contributed by atoms with Crippen molar-refractivity contribution in [2.24, 2.45) is 10.9 Å². The Kier molecular flexibility index (Phi) is 10.2. The number of thioether (sulfide) groups is 1. The summed E-state index contributed by atoms with van der Waals surface area (Å²) in [5, 5.41) is 3.60. The van der Waals surface area contributed by atoms with Crippen LogP contribution >= 0.6 is 35.7 Å². The molecule has 3 heterocycles. The quantitative estimate of drug-likeness (QED) is 0.370. The first-order chi connectivity index (χ1) is 11.8. The van der Waals surface area contributed by atoms with Gasteiger partial charge in [-0.05, 0) is 38.3 Å². The zero-order valence-electron chi connectivity index (χ0n) is 15.8. The van der Waals surface area contributed by atoms with Crippen molar-refractivity contribution < 1.29 is 0 Å². The van der Waals surface area contributed by atoms with Crippen molar-refractivity contribution in [1.82, 2.24) is 20.0 Å². The summed E-state index contributed by atoms with van der Waals surface area (Å²) in [5.41, 5.74) is 0. The molecule has 3 fully saturated rings. The predicted molar refractivity (Wildman–Crippen MR) is 121 cm³/mol. The molecule has 1 atom stereocenters. The van der Waals surface area contributed by atoms with E-state index in [1.165, 1.54) is 83.0 Å². The van der Waals surface area contributed by atoms with Gasteiger partial charge >= 0.3 is 0 Å². The van der Waals surface area contributed by atoms with Crippen LogP contribution in [0.4, 0.5) is 0 Å². The van der Waals surface area contributed by atoms with Gasteiger partial charge in [0, 0.05) is 64.4 Å². The predicted octanol–water partition coefficient (Wildman–Crippen LogP) is 2.04. The third kappa shape index (κ3) is 7.07. The molecule has 1 unspecified atom stereocenters. The van der Waals surface area contributed by atoms with E-state index in [2.05, 4.69) is 36.8 Å². The van der Waals surface area contributed by atoms with Crippen molar-refractivity contribution in [1.29, 1.82) is 0 Å². The van der Waals surface area contributed by atoms with Crippen molar-refractivity contribution in [3.63, 3.8) is 0 Å². The number of hydrogen-bond donors (Lipinski definition) is 1. The van der Waals surface area contributed by atoms with Gasteiger partial charge in [-0.15, -0.1) is 24.0 Å². The molecular formula is C18H36IN5S. The zero-order valence-corrected chi connectivity index (χ0v) is 18.9. The van der Waals surface area contributed by atoms with Crippen molar-refractivity contribution in [3.8, 4) is 0 Å². The summed E-state index contributed by atoms with van der Waals surface area (Å²) in [7, 11) is 1.93. The third-order valence-electron chi connectivity index (χ3n) is 5.58. The minimum Gasteiger partial charge on any atom is -0.355 e. The van der Waals surface area contributed by atoms with Gasteiger partial charge in [0.1, 0.15) is 0 Å². The number of rotatable bonds is 5. The van der Waals surface area contributed by atoms with Crippen LogP contribution in [0.25, 0.3) is 0 Å². The number of hydrogen-bond acceptors (Lipinski definition) is 4. The molecule has 1 N–H and O–H groups in total. The lowest BCUT2D eigenvalue weighted by molar-refractivity contribution is 0.198. The number of halogens is 1. The van der Waals surface area contributed by atoms with Crippen LogP contribution in [-0.4, -0.2) is 98.1 Å². The van der Waals surface area contributed by atoms with Crippen molar-refractivity contribution in [2.75, 3.05) is 77.5 Å². The lowest BCUT2D eigenvalue weighted by Crippen LogP contribution is -2.45. The van der Waals surface area contributed by atoms with E-state index in [9.17, 15) is 0 Å². The van der Waals surface area contributed by atoms with Crippen molar-refractivity contribution in [3.05, 3.63) is 0 Å². The van der Waals surface area contributed by atoms with Crippen LogP contribution in [0.5, 0.6) is 0 Å². The Balaban J connectivity index is 0.00000225. The fourth-order valence-electron chi connectivity index (χ4n) is 4.16. The Bertz CT molecular complexity index is 397. The molecule has 0 bridgehead atoms. The molecule has 0 aliphatic carbocycles. The van der Waals surface area contributed by atoms with E-state index in [1.807, 2.05) is 7.05 Å². The Morgan fingerprint density at radius 2 is 1.80 bits per heavy atom. The molecular weight excluding hydrogens is 445 g/mol. The molecule has 25 heavy (non-hydrogen) atoms. The van der Waals surface area contributed by atoms with Gasteiger partial charge in [0.05, 0.1) is 0 Å². The molecule has 0 saturated carbocycles. The second-order valence-corrected chi connectivity index (χ2v) is 8.61. The second-order valence-electron chi connectivity index (χ2n) is 7.39. The van der Waals surface area contributed by atoms with E-state index < -0.39 is 0 Å². The van der Waals surface area contributed by atoms with E-state index >= 15 is 0 Å². The van der Waals surface area contributed by atoms with Crippen molar-refractivity contribution >= 4 is 41.7 Å². The third-order valence-corrected chi connectivity index (χ3v) is 6.52. The number of piperidine rings is 1. The molecule has 3 aliphatic heterocycles. The standard InChI is InChI=1S/C18H35N5S.HI/c1-19-18(20-6-10-21-11-13-24-14-12-21)23-9-5-17(16-23)15-22-7-3-2-4-8-22;/h17H,2-16H2,1H3,(H,19,20);1H. The Labute approximate surface area is 175 Å². The molecule has 3 rings (SSSR count). The fourth-order valence-corrected chi connectivity index (χ4v) is 5.14. The van der Waals surface area contributed by atoms with Crippen LogP contribution in [0.15, 0.2) is 4.99 Å². The largest absolute Gasteiger partial charge is 0.355 e. The molecule has 0 aromatic rings.